The maximum Gasteiger partial charge on any atom is 0.293 e. The number of hydrogen-bond donors (Lipinski definition) is 1. The second kappa shape index (κ2) is 10.2. The lowest BCUT2D eigenvalue weighted by Crippen LogP contribution is -2.24. The van der Waals surface area contributed by atoms with Gasteiger partial charge in [-0.15, -0.1) is 11.8 Å². The Hall–Kier alpha value is -3.52. The van der Waals surface area contributed by atoms with E-state index in [1.807, 2.05) is 61.5 Å². The van der Waals surface area contributed by atoms with Crippen molar-refractivity contribution in [2.45, 2.75) is 19.2 Å². The van der Waals surface area contributed by atoms with Crippen LogP contribution in [0, 0.1) is 6.92 Å². The minimum absolute atomic E-state index is 0.0303. The van der Waals surface area contributed by atoms with Gasteiger partial charge < -0.3 is 19.0 Å². The predicted octanol–water partition coefficient (Wildman–Crippen LogP) is 4.86. The molecule has 164 valence electrons. The van der Waals surface area contributed by atoms with Crippen molar-refractivity contribution in [2.24, 2.45) is 0 Å². The van der Waals surface area contributed by atoms with Crippen molar-refractivity contribution < 1.29 is 18.5 Å². The number of nitrogens with zero attached hydrogens (tertiary/aromatic N) is 2. The number of furan rings is 1. The Morgan fingerprint density at radius 3 is 2.59 bits per heavy atom. The number of methoxy groups -OCH3 is 1. The lowest BCUT2D eigenvalue weighted by molar-refractivity contribution is -0.118. The van der Waals surface area contributed by atoms with E-state index in [0.29, 0.717) is 35.5 Å². The first-order valence-corrected chi connectivity index (χ1v) is 11.2. The van der Waals surface area contributed by atoms with Gasteiger partial charge in [0.05, 0.1) is 18.6 Å². The van der Waals surface area contributed by atoms with Crippen LogP contribution >= 0.6 is 11.8 Å². The molecule has 0 saturated heterocycles. The van der Waals surface area contributed by atoms with Crippen molar-refractivity contribution in [3.05, 3.63) is 77.6 Å². The van der Waals surface area contributed by atoms with Crippen molar-refractivity contribution in [1.29, 1.82) is 0 Å². The number of carbonyl (C=O) groups is 1. The van der Waals surface area contributed by atoms with Gasteiger partial charge in [0.25, 0.3) is 5.89 Å². The molecule has 8 heteroatoms. The zero-order chi connectivity index (χ0) is 22.3. The molecular weight excluding hydrogens is 426 g/mol. The molecule has 0 fully saturated rings. The van der Waals surface area contributed by atoms with E-state index in [1.54, 1.807) is 13.2 Å². The third-order valence-corrected chi connectivity index (χ3v) is 5.69. The molecular formula is C24H23N3O4S. The summed E-state index contributed by atoms with van der Waals surface area (Å²) in [6.45, 7) is 2.51. The number of thioether (sulfide) groups is 1. The molecule has 1 amide bonds. The van der Waals surface area contributed by atoms with Gasteiger partial charge in [0.15, 0.2) is 5.76 Å². The van der Waals surface area contributed by atoms with Crippen molar-refractivity contribution in [3.63, 3.8) is 0 Å². The Kier molecular flexibility index (Phi) is 6.91. The first kappa shape index (κ1) is 21.7. The third-order valence-electron chi connectivity index (χ3n) is 4.73. The maximum absolute atomic E-state index is 12.1. The van der Waals surface area contributed by atoms with E-state index in [2.05, 4.69) is 15.5 Å². The molecule has 4 rings (SSSR count). The van der Waals surface area contributed by atoms with Crippen LogP contribution in [0.1, 0.15) is 16.9 Å². The molecule has 4 aromatic rings. The normalized spacial score (nSPS) is 10.8. The van der Waals surface area contributed by atoms with E-state index in [4.69, 9.17) is 13.7 Å². The summed E-state index contributed by atoms with van der Waals surface area (Å²) in [4.78, 5) is 16.5. The highest BCUT2D eigenvalue weighted by atomic mass is 32.2. The largest absolute Gasteiger partial charge is 0.497 e. The number of hydrogen-bond acceptors (Lipinski definition) is 7. The number of ether oxygens (including phenoxy) is 1. The SMILES string of the molecule is COc1ccc(CNC(=O)CSCc2ccc(-c3nc(-c4ccc(C)cc4)no3)o2)cc1. The molecule has 1 N–H and O–H groups in total. The number of rotatable bonds is 9. The van der Waals surface area contributed by atoms with E-state index < -0.39 is 0 Å². The van der Waals surface area contributed by atoms with Crippen molar-refractivity contribution in [2.75, 3.05) is 12.9 Å². The summed E-state index contributed by atoms with van der Waals surface area (Å²) in [5, 5.41) is 6.94. The monoisotopic (exact) mass is 449 g/mol. The average molecular weight is 450 g/mol. The Bertz CT molecular complexity index is 1170. The van der Waals surface area contributed by atoms with E-state index in [0.717, 1.165) is 22.6 Å². The van der Waals surface area contributed by atoms with E-state index in [-0.39, 0.29) is 5.91 Å². The number of nitrogens with one attached hydrogen (secondary N) is 1. The van der Waals surface area contributed by atoms with Gasteiger partial charge in [-0.2, -0.15) is 4.98 Å². The summed E-state index contributed by atoms with van der Waals surface area (Å²) in [5.41, 5.74) is 3.07. The van der Waals surface area contributed by atoms with Gasteiger partial charge in [-0.1, -0.05) is 47.1 Å². The van der Waals surface area contributed by atoms with E-state index in [1.165, 1.54) is 17.3 Å². The zero-order valence-corrected chi connectivity index (χ0v) is 18.6. The third kappa shape index (κ3) is 5.59. The molecule has 2 heterocycles. The van der Waals surface area contributed by atoms with Crippen LogP contribution in [-0.4, -0.2) is 28.9 Å². The predicted molar refractivity (Wildman–Crippen MR) is 123 cm³/mol. The topological polar surface area (TPSA) is 90.4 Å². The summed E-state index contributed by atoms with van der Waals surface area (Å²) in [6, 6.07) is 19.2. The molecule has 0 aliphatic carbocycles. The Labute approximate surface area is 190 Å². The van der Waals surface area contributed by atoms with Crippen LogP contribution in [0.2, 0.25) is 0 Å². The van der Waals surface area contributed by atoms with Crippen LogP contribution in [0.4, 0.5) is 0 Å². The van der Waals surface area contributed by atoms with Crippen LogP contribution < -0.4 is 10.1 Å². The van der Waals surface area contributed by atoms with Crippen molar-refractivity contribution in [3.8, 4) is 28.8 Å². The Morgan fingerprint density at radius 1 is 1.06 bits per heavy atom. The highest BCUT2D eigenvalue weighted by molar-refractivity contribution is 7.99. The van der Waals surface area contributed by atoms with Gasteiger partial charge >= 0.3 is 0 Å². The van der Waals surface area contributed by atoms with Gasteiger partial charge in [-0.25, -0.2) is 0 Å². The summed E-state index contributed by atoms with van der Waals surface area (Å²) in [5.74, 6) is 3.75. The quantitative estimate of drug-likeness (QED) is 0.390. The summed E-state index contributed by atoms with van der Waals surface area (Å²) in [7, 11) is 1.63. The van der Waals surface area contributed by atoms with Gasteiger partial charge in [-0.05, 0) is 36.8 Å². The van der Waals surface area contributed by atoms with Crippen LogP contribution in [0.3, 0.4) is 0 Å². The minimum Gasteiger partial charge on any atom is -0.497 e. The average Bonchev–Trinajstić information content (AvgIpc) is 3.48. The first-order valence-electron chi connectivity index (χ1n) is 10.1. The summed E-state index contributed by atoms with van der Waals surface area (Å²) < 4.78 is 16.3. The standard InChI is InChI=1S/C24H23N3O4S/c1-16-3-7-18(8-4-16)23-26-24(31-27-23)21-12-11-20(30-21)14-32-15-22(28)25-13-17-5-9-19(29-2)10-6-17/h3-12H,13-15H2,1-2H3,(H,25,28). The molecule has 0 spiro atoms. The molecule has 0 unspecified atom stereocenters. The maximum atomic E-state index is 12.1. The first-order chi connectivity index (χ1) is 15.6. The number of aryl methyl sites for hydroxylation is 1. The molecule has 32 heavy (non-hydrogen) atoms. The highest BCUT2D eigenvalue weighted by Gasteiger charge is 2.14. The molecule has 2 aromatic carbocycles. The van der Waals surface area contributed by atoms with Gasteiger partial charge in [0.1, 0.15) is 11.5 Å². The van der Waals surface area contributed by atoms with Crippen molar-refractivity contribution in [1.82, 2.24) is 15.5 Å². The second-order valence-electron chi connectivity index (χ2n) is 7.17. The fourth-order valence-electron chi connectivity index (χ4n) is 2.95. The summed E-state index contributed by atoms with van der Waals surface area (Å²) >= 11 is 1.48. The molecule has 2 aromatic heterocycles. The van der Waals surface area contributed by atoms with Crippen molar-refractivity contribution >= 4 is 17.7 Å². The molecule has 0 atom stereocenters. The number of aromatic nitrogens is 2. The molecule has 0 aliphatic rings. The van der Waals surface area contributed by atoms with Crippen LogP contribution in [-0.2, 0) is 17.1 Å². The lowest BCUT2D eigenvalue weighted by atomic mass is 10.1. The van der Waals surface area contributed by atoms with E-state index in [9.17, 15) is 4.79 Å². The Balaban J connectivity index is 1.24. The fraction of sp³-hybridized carbons (Fsp3) is 0.208. The van der Waals surface area contributed by atoms with Gasteiger partial charge in [-0.3, -0.25) is 4.79 Å². The van der Waals surface area contributed by atoms with Gasteiger partial charge in [0.2, 0.25) is 11.7 Å². The minimum atomic E-state index is -0.0303. The Morgan fingerprint density at radius 2 is 1.84 bits per heavy atom. The van der Waals surface area contributed by atoms with Crippen LogP contribution in [0.25, 0.3) is 23.0 Å². The van der Waals surface area contributed by atoms with Crippen LogP contribution in [0.15, 0.2) is 69.6 Å². The molecule has 7 nitrogen and oxygen atoms in total. The zero-order valence-electron chi connectivity index (χ0n) is 17.8. The number of benzene rings is 2. The van der Waals surface area contributed by atoms with Crippen LogP contribution in [0.5, 0.6) is 5.75 Å². The lowest BCUT2D eigenvalue weighted by Gasteiger charge is -2.06. The molecule has 0 saturated carbocycles. The van der Waals surface area contributed by atoms with Gasteiger partial charge in [0, 0.05) is 12.1 Å². The van der Waals surface area contributed by atoms with E-state index >= 15 is 0 Å². The smallest absolute Gasteiger partial charge is 0.293 e. The highest BCUT2D eigenvalue weighted by Crippen LogP contribution is 2.25. The second-order valence-corrected chi connectivity index (χ2v) is 8.16. The summed E-state index contributed by atoms with van der Waals surface area (Å²) in [6.07, 6.45) is 0. The molecule has 0 radical (unpaired) electrons. The molecule has 0 bridgehead atoms. The number of carbonyl (C=O) groups excluding carboxylic acids is 1. The fourth-order valence-corrected chi connectivity index (χ4v) is 3.70. The molecule has 0 aliphatic heterocycles. The number of amides is 1.